The summed E-state index contributed by atoms with van der Waals surface area (Å²) in [4.78, 5) is 49.4. The number of carbonyl (C=O) groups is 4. The molecule has 0 radical (unpaired) electrons. The standard InChI is InChI=1S/C48H42O10/c1-3-44(49)55-29-11-9-27-53-37-22-17-34(18-23-37)47(51)57-39-31-36-14-6-7-15-40(36)42(32-39)46-41-16-8-5-13-33(41)21-26-43(46)58-48(52)35-19-24-38(25-20-35)54-28-10-12-30-56-45(50)4-2/h3-8,13-26,31-32H,1-2,9-12,27-30H2. The van der Waals surface area contributed by atoms with E-state index >= 15 is 0 Å². The smallest absolute Gasteiger partial charge is 0.343 e. The maximum atomic E-state index is 13.6. The number of ether oxygens (including phenoxy) is 6. The van der Waals surface area contributed by atoms with E-state index in [0.29, 0.717) is 84.1 Å². The van der Waals surface area contributed by atoms with Gasteiger partial charge in [0.25, 0.3) is 0 Å². The van der Waals surface area contributed by atoms with Crippen LogP contribution >= 0.6 is 0 Å². The molecule has 58 heavy (non-hydrogen) atoms. The summed E-state index contributed by atoms with van der Waals surface area (Å²) in [6, 6.07) is 36.2. The van der Waals surface area contributed by atoms with Crippen LogP contribution in [0.3, 0.4) is 0 Å². The monoisotopic (exact) mass is 778 g/mol. The summed E-state index contributed by atoms with van der Waals surface area (Å²) in [7, 11) is 0. The Morgan fingerprint density at radius 1 is 0.483 bits per heavy atom. The van der Waals surface area contributed by atoms with Crippen molar-refractivity contribution in [3.05, 3.63) is 158 Å². The Labute approximate surface area is 336 Å². The van der Waals surface area contributed by atoms with Crippen molar-refractivity contribution in [1.29, 1.82) is 0 Å². The molecule has 294 valence electrons. The van der Waals surface area contributed by atoms with Gasteiger partial charge in [0.1, 0.15) is 23.0 Å². The minimum absolute atomic E-state index is 0.286. The van der Waals surface area contributed by atoms with Gasteiger partial charge in [-0.3, -0.25) is 0 Å². The van der Waals surface area contributed by atoms with Crippen molar-refractivity contribution in [3.8, 4) is 34.1 Å². The number of hydrogen-bond acceptors (Lipinski definition) is 10. The molecular formula is C48H42O10. The first-order chi connectivity index (χ1) is 28.3. The molecule has 0 saturated carbocycles. The van der Waals surface area contributed by atoms with Crippen LogP contribution in [0, 0.1) is 0 Å². The average Bonchev–Trinajstić information content (AvgIpc) is 3.25. The van der Waals surface area contributed by atoms with Crippen molar-refractivity contribution in [1.82, 2.24) is 0 Å². The fourth-order valence-electron chi connectivity index (χ4n) is 6.11. The third-order valence-electron chi connectivity index (χ3n) is 9.03. The van der Waals surface area contributed by atoms with Gasteiger partial charge < -0.3 is 28.4 Å². The summed E-state index contributed by atoms with van der Waals surface area (Å²) in [5.74, 6) is -0.187. The SMILES string of the molecule is C=CC(=O)OCCCCOc1ccc(C(=O)Oc2cc(-c3c(OC(=O)c4ccc(OCCCCOC(=O)C=C)cc4)ccc4ccccc34)c3ccccc3c2)cc1. The molecule has 0 atom stereocenters. The molecule has 0 aliphatic rings. The molecule has 0 amide bonds. The van der Waals surface area contributed by atoms with E-state index in [1.165, 1.54) is 0 Å². The number of fused-ring (bicyclic) bond motifs is 2. The second-order valence-corrected chi connectivity index (χ2v) is 13.0. The quantitative estimate of drug-likeness (QED) is 0.0340. The molecule has 6 aromatic carbocycles. The molecule has 0 bridgehead atoms. The first-order valence-corrected chi connectivity index (χ1v) is 18.9. The molecule has 0 aliphatic carbocycles. The van der Waals surface area contributed by atoms with E-state index in [1.54, 1.807) is 66.7 Å². The second-order valence-electron chi connectivity index (χ2n) is 13.0. The molecule has 0 fully saturated rings. The summed E-state index contributed by atoms with van der Waals surface area (Å²) in [5.41, 5.74) is 2.05. The zero-order chi connectivity index (χ0) is 40.7. The lowest BCUT2D eigenvalue weighted by molar-refractivity contribution is -0.138. The van der Waals surface area contributed by atoms with Crippen LogP contribution in [0.2, 0.25) is 0 Å². The fourth-order valence-corrected chi connectivity index (χ4v) is 6.11. The van der Waals surface area contributed by atoms with Crippen molar-refractivity contribution in [3.63, 3.8) is 0 Å². The Balaban J connectivity index is 1.18. The maximum Gasteiger partial charge on any atom is 0.343 e. The third kappa shape index (κ3) is 10.8. The molecule has 0 spiro atoms. The number of carbonyl (C=O) groups excluding carboxylic acids is 4. The number of unbranched alkanes of at least 4 members (excludes halogenated alkanes) is 2. The van der Waals surface area contributed by atoms with Crippen LogP contribution in [0.15, 0.2) is 147 Å². The Morgan fingerprint density at radius 3 is 1.55 bits per heavy atom. The summed E-state index contributed by atoms with van der Waals surface area (Å²) >= 11 is 0. The number of rotatable bonds is 19. The van der Waals surface area contributed by atoms with Gasteiger partial charge in [0.05, 0.1) is 37.6 Å². The van der Waals surface area contributed by atoms with E-state index < -0.39 is 23.9 Å². The first-order valence-electron chi connectivity index (χ1n) is 18.9. The summed E-state index contributed by atoms with van der Waals surface area (Å²) < 4.78 is 33.6. The predicted octanol–water partition coefficient (Wildman–Crippen LogP) is 9.87. The van der Waals surface area contributed by atoms with Crippen molar-refractivity contribution in [2.24, 2.45) is 0 Å². The van der Waals surface area contributed by atoms with Gasteiger partial charge in [-0.05, 0) is 120 Å². The molecular weight excluding hydrogens is 737 g/mol. The van der Waals surface area contributed by atoms with Crippen LogP contribution in [0.5, 0.6) is 23.0 Å². The third-order valence-corrected chi connectivity index (χ3v) is 9.03. The Morgan fingerprint density at radius 2 is 0.983 bits per heavy atom. The van der Waals surface area contributed by atoms with E-state index in [-0.39, 0.29) is 13.2 Å². The first kappa shape index (κ1) is 40.5. The van der Waals surface area contributed by atoms with Crippen LogP contribution < -0.4 is 18.9 Å². The Bertz CT molecular complexity index is 2420. The predicted molar refractivity (Wildman–Crippen MR) is 221 cm³/mol. The van der Waals surface area contributed by atoms with E-state index in [1.807, 2.05) is 54.6 Å². The van der Waals surface area contributed by atoms with Gasteiger partial charge in [0.15, 0.2) is 0 Å². The normalized spacial score (nSPS) is 10.7. The highest BCUT2D eigenvalue weighted by Gasteiger charge is 2.20. The average molecular weight is 779 g/mol. The van der Waals surface area contributed by atoms with E-state index in [4.69, 9.17) is 28.4 Å². The highest BCUT2D eigenvalue weighted by atomic mass is 16.5. The molecule has 0 heterocycles. The zero-order valence-electron chi connectivity index (χ0n) is 31.9. The molecule has 6 rings (SSSR count). The minimum Gasteiger partial charge on any atom is -0.494 e. The van der Waals surface area contributed by atoms with Crippen molar-refractivity contribution in [2.45, 2.75) is 25.7 Å². The maximum absolute atomic E-state index is 13.6. The molecule has 0 saturated heterocycles. The molecule has 0 aliphatic heterocycles. The van der Waals surface area contributed by atoms with Crippen LogP contribution in [-0.4, -0.2) is 50.3 Å². The molecule has 0 N–H and O–H groups in total. The largest absolute Gasteiger partial charge is 0.494 e. The summed E-state index contributed by atoms with van der Waals surface area (Å²) in [6.07, 6.45) is 4.90. The molecule has 0 aromatic heterocycles. The lowest BCUT2D eigenvalue weighted by atomic mass is 9.92. The van der Waals surface area contributed by atoms with Gasteiger partial charge >= 0.3 is 23.9 Å². The number of hydrogen-bond donors (Lipinski definition) is 0. The lowest BCUT2D eigenvalue weighted by Crippen LogP contribution is -2.10. The molecule has 10 heteroatoms. The van der Waals surface area contributed by atoms with Crippen molar-refractivity contribution in [2.75, 3.05) is 26.4 Å². The zero-order valence-corrected chi connectivity index (χ0v) is 31.9. The Hall–Kier alpha value is -7.20. The van der Waals surface area contributed by atoms with Crippen LogP contribution in [0.4, 0.5) is 0 Å². The number of esters is 4. The highest BCUT2D eigenvalue weighted by molar-refractivity contribution is 6.09. The van der Waals surface area contributed by atoms with Crippen LogP contribution in [-0.2, 0) is 19.1 Å². The second kappa shape index (κ2) is 20.1. The van der Waals surface area contributed by atoms with Crippen LogP contribution in [0.1, 0.15) is 46.4 Å². The van der Waals surface area contributed by atoms with Gasteiger partial charge in [0.2, 0.25) is 0 Å². The van der Waals surface area contributed by atoms with Gasteiger partial charge in [-0.2, -0.15) is 0 Å². The molecule has 6 aromatic rings. The van der Waals surface area contributed by atoms with Gasteiger partial charge in [-0.1, -0.05) is 67.8 Å². The van der Waals surface area contributed by atoms with E-state index in [9.17, 15) is 19.2 Å². The van der Waals surface area contributed by atoms with Gasteiger partial charge in [-0.25, -0.2) is 19.2 Å². The topological polar surface area (TPSA) is 124 Å². The van der Waals surface area contributed by atoms with Gasteiger partial charge in [0, 0.05) is 17.7 Å². The highest BCUT2D eigenvalue weighted by Crippen LogP contribution is 2.43. The molecule has 10 nitrogen and oxygen atoms in total. The lowest BCUT2D eigenvalue weighted by Gasteiger charge is -2.17. The fraction of sp³-hybridized carbons (Fsp3) is 0.167. The number of benzene rings is 6. The summed E-state index contributed by atoms with van der Waals surface area (Å²) in [6.45, 7) is 8.16. The van der Waals surface area contributed by atoms with E-state index in [0.717, 1.165) is 33.7 Å². The van der Waals surface area contributed by atoms with Crippen molar-refractivity contribution < 1.29 is 47.6 Å². The van der Waals surface area contributed by atoms with Crippen LogP contribution in [0.25, 0.3) is 32.7 Å². The van der Waals surface area contributed by atoms with Crippen molar-refractivity contribution >= 4 is 45.4 Å². The Kier molecular flexibility index (Phi) is 14.0. The van der Waals surface area contributed by atoms with Gasteiger partial charge in [-0.15, -0.1) is 0 Å². The summed E-state index contributed by atoms with van der Waals surface area (Å²) in [5, 5.41) is 3.47. The van der Waals surface area contributed by atoms with E-state index in [2.05, 4.69) is 13.2 Å². The molecule has 0 unspecified atom stereocenters. The minimum atomic E-state index is -0.555.